The van der Waals surface area contributed by atoms with E-state index >= 15 is 0 Å². The fourth-order valence-electron chi connectivity index (χ4n) is 3.80. The number of amides is 1. The van der Waals surface area contributed by atoms with Gasteiger partial charge in [-0.1, -0.05) is 24.3 Å². The number of ether oxygens (including phenoxy) is 2. The van der Waals surface area contributed by atoms with E-state index in [1.807, 2.05) is 41.3 Å². The molecule has 0 radical (unpaired) electrons. The summed E-state index contributed by atoms with van der Waals surface area (Å²) >= 11 is 0. The summed E-state index contributed by atoms with van der Waals surface area (Å²) in [5.41, 5.74) is 2.28. The molecule has 0 unspecified atom stereocenters. The Morgan fingerprint density at radius 1 is 1.00 bits per heavy atom. The topological polar surface area (TPSA) is 45.2 Å². The number of fused-ring (bicyclic) bond motifs is 1. The zero-order valence-electron chi connectivity index (χ0n) is 16.3. The third kappa shape index (κ3) is 4.22. The van der Waals surface area contributed by atoms with Gasteiger partial charge in [0, 0.05) is 32.7 Å². The van der Waals surface area contributed by atoms with Gasteiger partial charge in [-0.15, -0.1) is 0 Å². The number of carbonyl (C=O) groups is 1. The van der Waals surface area contributed by atoms with Crippen molar-refractivity contribution in [3.05, 3.63) is 54.1 Å². The Hall–Kier alpha value is -2.73. The predicted molar refractivity (Wildman–Crippen MR) is 109 cm³/mol. The molecule has 0 N–H and O–H groups in total. The molecule has 4 rings (SSSR count). The number of rotatable bonds is 5. The minimum absolute atomic E-state index is 0.195. The lowest BCUT2D eigenvalue weighted by Gasteiger charge is -2.37. The van der Waals surface area contributed by atoms with E-state index < -0.39 is 0 Å². The summed E-state index contributed by atoms with van der Waals surface area (Å²) in [6.07, 6.45) is 0. The quantitative estimate of drug-likeness (QED) is 0.795. The highest BCUT2D eigenvalue weighted by molar-refractivity contribution is 5.82. The molecule has 0 atom stereocenters. The van der Waals surface area contributed by atoms with E-state index in [2.05, 4.69) is 21.9 Å². The van der Waals surface area contributed by atoms with Crippen LogP contribution in [0.25, 0.3) is 0 Å². The number of hydrogen-bond donors (Lipinski definition) is 0. The number of anilines is 1. The van der Waals surface area contributed by atoms with E-state index in [9.17, 15) is 4.79 Å². The van der Waals surface area contributed by atoms with Gasteiger partial charge in [0.2, 0.25) is 5.91 Å². The zero-order chi connectivity index (χ0) is 19.3. The first-order valence-electron chi connectivity index (χ1n) is 9.83. The molecule has 2 aliphatic heterocycles. The molecule has 0 saturated carbocycles. The molecule has 0 spiro atoms. The lowest BCUT2D eigenvalue weighted by atomic mass is 10.2. The molecule has 2 heterocycles. The van der Waals surface area contributed by atoms with Crippen LogP contribution < -0.4 is 14.4 Å². The average Bonchev–Trinajstić information content (AvgIpc) is 2.75. The molecule has 6 heteroatoms. The number of hydrogen-bond acceptors (Lipinski definition) is 5. The van der Waals surface area contributed by atoms with Crippen LogP contribution in [0.1, 0.15) is 5.56 Å². The van der Waals surface area contributed by atoms with Gasteiger partial charge in [0.15, 0.2) is 0 Å². The Morgan fingerprint density at radius 3 is 2.50 bits per heavy atom. The summed E-state index contributed by atoms with van der Waals surface area (Å²) in [5.74, 6) is 1.94. The molecule has 1 amide bonds. The van der Waals surface area contributed by atoms with Gasteiger partial charge in [-0.2, -0.15) is 0 Å². The summed E-state index contributed by atoms with van der Waals surface area (Å²) in [7, 11) is 1.68. The highest BCUT2D eigenvalue weighted by Gasteiger charge is 2.25. The lowest BCUT2D eigenvalue weighted by molar-refractivity contribution is -0.131. The first-order valence-corrected chi connectivity index (χ1v) is 9.83. The Balaban J connectivity index is 1.28. The maximum atomic E-state index is 12.8. The van der Waals surface area contributed by atoms with Crippen LogP contribution in [0, 0.1) is 0 Å². The molecule has 2 aromatic carbocycles. The average molecular weight is 381 g/mol. The SMILES string of the molecule is COc1ccc(CN2CCN(C(=O)CN3CCOc4ccccc43)CC2)cc1. The predicted octanol–water partition coefficient (Wildman–Crippen LogP) is 2.24. The smallest absolute Gasteiger partial charge is 0.242 e. The first-order chi connectivity index (χ1) is 13.7. The van der Waals surface area contributed by atoms with Gasteiger partial charge in [0.25, 0.3) is 0 Å². The molecular weight excluding hydrogens is 354 g/mol. The molecule has 0 bridgehead atoms. The van der Waals surface area contributed by atoms with Crippen LogP contribution in [-0.2, 0) is 11.3 Å². The number of benzene rings is 2. The van der Waals surface area contributed by atoms with Crippen molar-refractivity contribution in [1.29, 1.82) is 0 Å². The van der Waals surface area contributed by atoms with Gasteiger partial charge in [-0.3, -0.25) is 9.69 Å². The third-order valence-corrected chi connectivity index (χ3v) is 5.44. The van der Waals surface area contributed by atoms with Crippen molar-refractivity contribution < 1.29 is 14.3 Å². The number of piperazine rings is 1. The fraction of sp³-hybridized carbons (Fsp3) is 0.409. The van der Waals surface area contributed by atoms with Gasteiger partial charge >= 0.3 is 0 Å². The Kier molecular flexibility index (Phi) is 5.67. The van der Waals surface area contributed by atoms with E-state index in [1.54, 1.807) is 7.11 Å². The maximum absolute atomic E-state index is 12.8. The van der Waals surface area contributed by atoms with E-state index in [1.165, 1.54) is 5.56 Å². The van der Waals surface area contributed by atoms with E-state index in [4.69, 9.17) is 9.47 Å². The molecule has 2 aromatic rings. The number of para-hydroxylation sites is 2. The summed E-state index contributed by atoms with van der Waals surface area (Å²) in [6.45, 7) is 6.05. The number of nitrogens with zero attached hydrogens (tertiary/aromatic N) is 3. The Morgan fingerprint density at radius 2 is 1.75 bits per heavy atom. The Labute approximate surface area is 166 Å². The van der Waals surface area contributed by atoms with Gasteiger partial charge in [0.1, 0.15) is 18.1 Å². The normalized spacial score (nSPS) is 17.0. The molecule has 1 saturated heterocycles. The van der Waals surface area contributed by atoms with Crippen molar-refractivity contribution in [1.82, 2.24) is 9.80 Å². The zero-order valence-corrected chi connectivity index (χ0v) is 16.3. The van der Waals surface area contributed by atoms with E-state index in [0.717, 1.165) is 56.5 Å². The number of carbonyl (C=O) groups excluding carboxylic acids is 1. The van der Waals surface area contributed by atoms with Crippen LogP contribution in [0.3, 0.4) is 0 Å². The van der Waals surface area contributed by atoms with Gasteiger partial charge in [-0.25, -0.2) is 0 Å². The van der Waals surface area contributed by atoms with Crippen LogP contribution in [0.15, 0.2) is 48.5 Å². The molecule has 148 valence electrons. The highest BCUT2D eigenvalue weighted by Crippen LogP contribution is 2.30. The van der Waals surface area contributed by atoms with Crippen molar-refractivity contribution in [3.63, 3.8) is 0 Å². The maximum Gasteiger partial charge on any atom is 0.242 e. The van der Waals surface area contributed by atoms with Crippen LogP contribution in [-0.4, -0.2) is 68.7 Å². The van der Waals surface area contributed by atoms with Crippen LogP contribution in [0.4, 0.5) is 5.69 Å². The molecule has 0 aliphatic carbocycles. The fourth-order valence-corrected chi connectivity index (χ4v) is 3.80. The lowest BCUT2D eigenvalue weighted by Crippen LogP contribution is -2.51. The molecule has 1 fully saturated rings. The third-order valence-electron chi connectivity index (χ3n) is 5.44. The monoisotopic (exact) mass is 381 g/mol. The van der Waals surface area contributed by atoms with Crippen molar-refractivity contribution in [3.8, 4) is 11.5 Å². The standard InChI is InChI=1S/C22H27N3O3/c1-27-19-8-6-18(7-9-19)16-23-10-12-24(13-11-23)22(26)17-25-14-15-28-21-5-3-2-4-20(21)25/h2-9H,10-17H2,1H3. The Bertz CT molecular complexity index is 801. The summed E-state index contributed by atoms with van der Waals surface area (Å²) in [5, 5.41) is 0. The second-order valence-electron chi connectivity index (χ2n) is 7.24. The van der Waals surface area contributed by atoms with Crippen molar-refractivity contribution >= 4 is 11.6 Å². The summed E-state index contributed by atoms with van der Waals surface area (Å²) < 4.78 is 10.9. The molecular formula is C22H27N3O3. The van der Waals surface area contributed by atoms with Gasteiger partial charge < -0.3 is 19.3 Å². The van der Waals surface area contributed by atoms with Crippen molar-refractivity contribution in [2.45, 2.75) is 6.54 Å². The van der Waals surface area contributed by atoms with E-state index in [0.29, 0.717) is 13.2 Å². The van der Waals surface area contributed by atoms with Crippen LogP contribution in [0.2, 0.25) is 0 Å². The number of methoxy groups -OCH3 is 1. The van der Waals surface area contributed by atoms with Crippen LogP contribution >= 0.6 is 0 Å². The summed E-state index contributed by atoms with van der Waals surface area (Å²) in [6, 6.07) is 16.1. The van der Waals surface area contributed by atoms with Gasteiger partial charge in [-0.05, 0) is 29.8 Å². The largest absolute Gasteiger partial charge is 0.497 e. The second kappa shape index (κ2) is 8.52. The van der Waals surface area contributed by atoms with Crippen molar-refractivity contribution in [2.75, 3.05) is 57.9 Å². The molecule has 0 aromatic heterocycles. The highest BCUT2D eigenvalue weighted by atomic mass is 16.5. The second-order valence-corrected chi connectivity index (χ2v) is 7.24. The van der Waals surface area contributed by atoms with E-state index in [-0.39, 0.29) is 5.91 Å². The molecule has 28 heavy (non-hydrogen) atoms. The minimum atomic E-state index is 0.195. The molecule has 6 nitrogen and oxygen atoms in total. The molecule has 2 aliphatic rings. The summed E-state index contributed by atoms with van der Waals surface area (Å²) in [4.78, 5) is 19.3. The van der Waals surface area contributed by atoms with Crippen LogP contribution in [0.5, 0.6) is 11.5 Å². The minimum Gasteiger partial charge on any atom is -0.497 e. The van der Waals surface area contributed by atoms with Gasteiger partial charge in [0.05, 0.1) is 25.9 Å². The first kappa shape index (κ1) is 18.6. The van der Waals surface area contributed by atoms with Crippen molar-refractivity contribution in [2.24, 2.45) is 0 Å².